The van der Waals surface area contributed by atoms with E-state index in [-0.39, 0.29) is 12.5 Å². The first-order valence-corrected chi connectivity index (χ1v) is 14.9. The summed E-state index contributed by atoms with van der Waals surface area (Å²) in [6, 6.07) is 0. The fourth-order valence-corrected chi connectivity index (χ4v) is 9.60. The number of amides is 1. The maximum Gasteiger partial charge on any atom is 0.266 e. The first kappa shape index (κ1) is 24.5. The molecule has 0 heterocycles. The third-order valence-electron chi connectivity index (χ3n) is 10.9. The summed E-state index contributed by atoms with van der Waals surface area (Å²) in [5.41, 5.74) is 1.01. The summed E-state index contributed by atoms with van der Waals surface area (Å²) in [7, 11) is -4.02. The first-order valence-electron chi connectivity index (χ1n) is 13.3. The number of fused-ring (bicyclic) bond motifs is 5. The zero-order valence-electron chi connectivity index (χ0n) is 20.4. The van der Waals surface area contributed by atoms with Gasteiger partial charge in [0.25, 0.3) is 10.1 Å². The Kier molecular flexibility index (Phi) is 7.05. The molecule has 184 valence electrons. The maximum atomic E-state index is 12.2. The van der Waals surface area contributed by atoms with Crippen LogP contribution in [0.2, 0.25) is 0 Å². The lowest BCUT2D eigenvalue weighted by molar-refractivity contribution is -0.122. The Morgan fingerprint density at radius 1 is 1.00 bits per heavy atom. The molecule has 0 spiro atoms. The van der Waals surface area contributed by atoms with Gasteiger partial charge in [0.2, 0.25) is 5.91 Å². The van der Waals surface area contributed by atoms with Crippen LogP contribution in [0, 0.1) is 46.3 Å². The van der Waals surface area contributed by atoms with Crippen molar-refractivity contribution in [3.05, 3.63) is 0 Å². The van der Waals surface area contributed by atoms with E-state index in [2.05, 4.69) is 26.1 Å². The van der Waals surface area contributed by atoms with E-state index in [0.717, 1.165) is 30.1 Å². The monoisotopic (exact) mass is 467 g/mol. The summed E-state index contributed by atoms with van der Waals surface area (Å²) in [6.45, 7) is 7.53. The minimum atomic E-state index is -4.02. The van der Waals surface area contributed by atoms with Gasteiger partial charge in [-0.15, -0.1) is 0 Å². The van der Waals surface area contributed by atoms with Gasteiger partial charge in [0.15, 0.2) is 0 Å². The largest absolute Gasteiger partial charge is 0.355 e. The Morgan fingerprint density at radius 2 is 1.75 bits per heavy atom. The maximum absolute atomic E-state index is 12.2. The molecule has 8 atom stereocenters. The Balaban J connectivity index is 1.35. The molecule has 1 amide bonds. The van der Waals surface area contributed by atoms with Gasteiger partial charge in [-0.3, -0.25) is 9.35 Å². The van der Waals surface area contributed by atoms with Crippen molar-refractivity contribution in [1.82, 2.24) is 5.32 Å². The Hall–Kier alpha value is -0.620. The second-order valence-electron chi connectivity index (χ2n) is 12.3. The summed E-state index contributed by atoms with van der Waals surface area (Å²) >= 11 is 0. The SMILES string of the molecule is CC(CCC(=O)NCCS(=O)(=O)O)C1CCC2C3CCC4CCCCC4(C)C3CCC12C. The molecule has 4 fully saturated rings. The van der Waals surface area contributed by atoms with Crippen molar-refractivity contribution in [2.75, 3.05) is 12.3 Å². The Morgan fingerprint density at radius 3 is 2.50 bits per heavy atom. The molecule has 2 N–H and O–H groups in total. The Labute approximate surface area is 195 Å². The molecule has 4 rings (SSSR count). The average molecular weight is 468 g/mol. The highest BCUT2D eigenvalue weighted by atomic mass is 32.2. The zero-order valence-corrected chi connectivity index (χ0v) is 21.3. The van der Waals surface area contributed by atoms with Crippen molar-refractivity contribution >= 4 is 16.0 Å². The summed E-state index contributed by atoms with van der Waals surface area (Å²) < 4.78 is 30.5. The van der Waals surface area contributed by atoms with E-state index in [4.69, 9.17) is 4.55 Å². The van der Waals surface area contributed by atoms with E-state index >= 15 is 0 Å². The van der Waals surface area contributed by atoms with Crippen molar-refractivity contribution in [1.29, 1.82) is 0 Å². The molecule has 0 aliphatic heterocycles. The van der Waals surface area contributed by atoms with E-state index in [9.17, 15) is 13.2 Å². The predicted octanol–water partition coefficient (Wildman–Crippen LogP) is 5.46. The molecule has 6 heteroatoms. The highest BCUT2D eigenvalue weighted by Crippen LogP contribution is 2.68. The topological polar surface area (TPSA) is 83.5 Å². The van der Waals surface area contributed by atoms with E-state index in [0.29, 0.717) is 29.1 Å². The van der Waals surface area contributed by atoms with Crippen molar-refractivity contribution in [3.8, 4) is 0 Å². The molecule has 4 aliphatic rings. The number of rotatable bonds is 7. The minimum Gasteiger partial charge on any atom is -0.355 e. The van der Waals surface area contributed by atoms with Gasteiger partial charge in [-0.2, -0.15) is 8.42 Å². The fraction of sp³-hybridized carbons (Fsp3) is 0.962. The normalized spacial score (nSPS) is 42.4. The van der Waals surface area contributed by atoms with Gasteiger partial charge in [-0.05, 0) is 104 Å². The second-order valence-corrected chi connectivity index (χ2v) is 13.9. The first-order chi connectivity index (χ1) is 15.0. The van der Waals surface area contributed by atoms with Crippen LogP contribution in [0.5, 0.6) is 0 Å². The number of hydrogen-bond donors (Lipinski definition) is 2. The standard InChI is InChI=1S/C26H45NO4S/c1-18(7-12-24(28)27-16-17-32(29,30)31)21-10-11-22-20-9-8-19-6-4-5-14-25(19,2)23(20)13-15-26(21,22)3/h18-23H,4-17H2,1-3H3,(H,27,28)(H,29,30,31). The third-order valence-corrected chi connectivity index (χ3v) is 11.6. The number of carbonyl (C=O) groups excluding carboxylic acids is 1. The lowest BCUT2D eigenvalue weighted by atomic mass is 9.44. The van der Waals surface area contributed by atoms with Crippen molar-refractivity contribution in [2.45, 2.75) is 97.8 Å². The van der Waals surface area contributed by atoms with Crippen LogP contribution >= 0.6 is 0 Å². The zero-order chi connectivity index (χ0) is 23.1. The molecule has 8 unspecified atom stereocenters. The van der Waals surface area contributed by atoms with Gasteiger partial charge in [0.1, 0.15) is 0 Å². The van der Waals surface area contributed by atoms with E-state index in [1.165, 1.54) is 64.2 Å². The average Bonchev–Trinajstić information content (AvgIpc) is 3.08. The molecule has 4 aliphatic carbocycles. The van der Waals surface area contributed by atoms with Gasteiger partial charge in [0.05, 0.1) is 5.75 Å². The molecule has 0 bridgehead atoms. The predicted molar refractivity (Wildman–Crippen MR) is 128 cm³/mol. The molecule has 0 saturated heterocycles. The lowest BCUT2D eigenvalue weighted by Crippen LogP contribution is -2.53. The third kappa shape index (κ3) is 4.64. The van der Waals surface area contributed by atoms with Crippen LogP contribution in [0.3, 0.4) is 0 Å². The van der Waals surface area contributed by atoms with Gasteiger partial charge in [-0.25, -0.2) is 0 Å². The van der Waals surface area contributed by atoms with Crippen LogP contribution in [-0.4, -0.2) is 31.2 Å². The summed E-state index contributed by atoms with van der Waals surface area (Å²) in [5.74, 6) is 4.35. The molecule has 0 aromatic carbocycles. The van der Waals surface area contributed by atoms with E-state index in [1.807, 2.05) is 0 Å². The van der Waals surface area contributed by atoms with E-state index in [1.54, 1.807) is 0 Å². The van der Waals surface area contributed by atoms with Crippen LogP contribution < -0.4 is 5.32 Å². The summed E-state index contributed by atoms with van der Waals surface area (Å²) in [6.07, 6.45) is 15.4. The molecule has 32 heavy (non-hydrogen) atoms. The highest BCUT2D eigenvalue weighted by Gasteiger charge is 2.60. The lowest BCUT2D eigenvalue weighted by Gasteiger charge is -2.61. The van der Waals surface area contributed by atoms with Crippen molar-refractivity contribution < 1.29 is 17.8 Å². The molecule has 4 saturated carbocycles. The van der Waals surface area contributed by atoms with E-state index < -0.39 is 15.9 Å². The van der Waals surface area contributed by atoms with Crippen molar-refractivity contribution in [2.24, 2.45) is 46.3 Å². The summed E-state index contributed by atoms with van der Waals surface area (Å²) in [5, 5.41) is 2.64. The smallest absolute Gasteiger partial charge is 0.266 e. The van der Waals surface area contributed by atoms with Gasteiger partial charge in [-0.1, -0.05) is 33.6 Å². The summed E-state index contributed by atoms with van der Waals surface area (Å²) in [4.78, 5) is 12.2. The van der Waals surface area contributed by atoms with Crippen molar-refractivity contribution in [3.63, 3.8) is 0 Å². The molecular weight excluding hydrogens is 422 g/mol. The molecule has 0 radical (unpaired) electrons. The van der Waals surface area contributed by atoms with Gasteiger partial charge >= 0.3 is 0 Å². The number of nitrogens with one attached hydrogen (secondary N) is 1. The Bertz CT molecular complexity index is 798. The molecule has 5 nitrogen and oxygen atoms in total. The van der Waals surface area contributed by atoms with Crippen LogP contribution in [0.1, 0.15) is 97.8 Å². The molecular formula is C26H45NO4S. The second kappa shape index (κ2) is 9.20. The number of hydrogen-bond acceptors (Lipinski definition) is 3. The minimum absolute atomic E-state index is 0.0158. The fourth-order valence-electron chi connectivity index (χ4n) is 9.24. The van der Waals surface area contributed by atoms with Gasteiger partial charge < -0.3 is 5.32 Å². The van der Waals surface area contributed by atoms with Crippen LogP contribution in [0.25, 0.3) is 0 Å². The number of carbonyl (C=O) groups is 1. The van der Waals surface area contributed by atoms with Gasteiger partial charge in [0, 0.05) is 13.0 Å². The molecule has 0 aromatic rings. The van der Waals surface area contributed by atoms with Crippen LogP contribution in [-0.2, 0) is 14.9 Å². The molecule has 0 aromatic heterocycles. The quantitative estimate of drug-likeness (QED) is 0.487. The van der Waals surface area contributed by atoms with Crippen LogP contribution in [0.4, 0.5) is 0 Å². The highest BCUT2D eigenvalue weighted by molar-refractivity contribution is 7.85. The van der Waals surface area contributed by atoms with Crippen LogP contribution in [0.15, 0.2) is 0 Å².